The highest BCUT2D eigenvalue weighted by molar-refractivity contribution is 9.10. The van der Waals surface area contributed by atoms with Gasteiger partial charge in [-0.2, -0.15) is 5.10 Å². The van der Waals surface area contributed by atoms with Crippen LogP contribution in [0.4, 0.5) is 5.69 Å². The van der Waals surface area contributed by atoms with Crippen LogP contribution in [0.15, 0.2) is 15.5 Å². The molecule has 1 aliphatic heterocycles. The molecule has 1 aliphatic rings. The van der Waals surface area contributed by atoms with Gasteiger partial charge in [0.2, 0.25) is 0 Å². The Labute approximate surface area is 126 Å². The van der Waals surface area contributed by atoms with Gasteiger partial charge >= 0.3 is 0 Å². The van der Waals surface area contributed by atoms with Gasteiger partial charge < -0.3 is 15.3 Å². The predicted octanol–water partition coefficient (Wildman–Crippen LogP) is 0.434. The Balaban J connectivity index is 2.11. The number of hydrogen-bond acceptors (Lipinski definition) is 5. The number of piperidine rings is 1. The highest BCUT2D eigenvalue weighted by Gasteiger charge is 2.18. The van der Waals surface area contributed by atoms with E-state index in [0.717, 1.165) is 25.3 Å². The summed E-state index contributed by atoms with van der Waals surface area (Å²) in [7, 11) is 1.98. The molecule has 20 heavy (non-hydrogen) atoms. The summed E-state index contributed by atoms with van der Waals surface area (Å²) in [5, 5.41) is 16.4. The van der Waals surface area contributed by atoms with Crippen molar-refractivity contribution in [3.8, 4) is 0 Å². The molecule has 0 spiro atoms. The molecule has 6 nitrogen and oxygen atoms in total. The molecule has 1 aromatic rings. The maximum absolute atomic E-state index is 12.1. The number of aliphatic hydroxyl groups is 1. The van der Waals surface area contributed by atoms with Crippen LogP contribution >= 0.6 is 15.9 Å². The Kier molecular flexibility index (Phi) is 5.56. The summed E-state index contributed by atoms with van der Waals surface area (Å²) in [6, 6.07) is 0. The molecule has 0 aromatic carbocycles. The smallest absolute Gasteiger partial charge is 0.283 e. The fourth-order valence-electron chi connectivity index (χ4n) is 2.54. The molecule has 0 radical (unpaired) electrons. The second kappa shape index (κ2) is 7.19. The number of hydrogen-bond donors (Lipinski definition) is 2. The first kappa shape index (κ1) is 15.5. The van der Waals surface area contributed by atoms with Crippen molar-refractivity contribution in [2.75, 3.05) is 38.2 Å². The zero-order valence-electron chi connectivity index (χ0n) is 11.7. The number of anilines is 1. The van der Waals surface area contributed by atoms with Gasteiger partial charge in [-0.3, -0.25) is 4.79 Å². The third-order valence-electron chi connectivity index (χ3n) is 3.62. The quantitative estimate of drug-likeness (QED) is 0.810. The summed E-state index contributed by atoms with van der Waals surface area (Å²) < 4.78 is 1.77. The van der Waals surface area contributed by atoms with Crippen LogP contribution in [0.2, 0.25) is 0 Å². The lowest BCUT2D eigenvalue weighted by atomic mass is 9.99. The van der Waals surface area contributed by atoms with Crippen molar-refractivity contribution < 1.29 is 5.11 Å². The molecule has 1 atom stereocenters. The molecular weight excluding hydrogens is 324 g/mol. The Bertz CT molecular complexity index is 500. The van der Waals surface area contributed by atoms with E-state index in [4.69, 9.17) is 5.11 Å². The minimum Gasteiger partial charge on any atom is -0.394 e. The summed E-state index contributed by atoms with van der Waals surface area (Å²) >= 11 is 3.35. The van der Waals surface area contributed by atoms with Crippen LogP contribution in [-0.4, -0.2) is 48.2 Å². The zero-order chi connectivity index (χ0) is 14.5. The summed E-state index contributed by atoms with van der Waals surface area (Å²) in [6.45, 7) is 3.15. The number of rotatable bonds is 5. The van der Waals surface area contributed by atoms with Crippen LogP contribution in [0.25, 0.3) is 0 Å². The Morgan fingerprint density at radius 2 is 2.45 bits per heavy atom. The fraction of sp³-hybridized carbons (Fsp3) is 0.692. The average Bonchev–Trinajstić information content (AvgIpc) is 2.45. The van der Waals surface area contributed by atoms with Crippen LogP contribution in [0.5, 0.6) is 0 Å². The molecule has 2 rings (SSSR count). The summed E-state index contributed by atoms with van der Waals surface area (Å²) in [5.41, 5.74) is 0.597. The van der Waals surface area contributed by atoms with Crippen molar-refractivity contribution >= 4 is 21.6 Å². The standard InChI is InChI=1S/C13H21BrN4O2/c1-17(9-10-3-2-4-15-7-10)11-8-16-18(5-6-19)13(20)12(11)14/h8,10,15,19H,2-7,9H2,1H3. The third-order valence-corrected chi connectivity index (χ3v) is 4.37. The van der Waals surface area contributed by atoms with Gasteiger partial charge in [0.15, 0.2) is 0 Å². The minimum atomic E-state index is -0.204. The first-order valence-corrected chi connectivity index (χ1v) is 7.71. The van der Waals surface area contributed by atoms with E-state index < -0.39 is 0 Å². The maximum atomic E-state index is 12.1. The summed E-state index contributed by atoms with van der Waals surface area (Å²) in [5.74, 6) is 0.598. The van der Waals surface area contributed by atoms with Crippen molar-refractivity contribution in [2.45, 2.75) is 19.4 Å². The molecule has 1 saturated heterocycles. The van der Waals surface area contributed by atoms with E-state index in [0.29, 0.717) is 10.4 Å². The van der Waals surface area contributed by atoms with E-state index in [2.05, 4.69) is 31.2 Å². The highest BCUT2D eigenvalue weighted by Crippen LogP contribution is 2.22. The van der Waals surface area contributed by atoms with Gasteiger partial charge in [0, 0.05) is 13.6 Å². The Hall–Kier alpha value is -0.920. The predicted molar refractivity (Wildman–Crippen MR) is 82.1 cm³/mol. The van der Waals surface area contributed by atoms with Crippen molar-refractivity contribution in [1.82, 2.24) is 15.1 Å². The van der Waals surface area contributed by atoms with E-state index in [9.17, 15) is 4.79 Å². The molecule has 0 bridgehead atoms. The molecule has 7 heteroatoms. The lowest BCUT2D eigenvalue weighted by Crippen LogP contribution is -2.37. The molecule has 0 saturated carbocycles. The van der Waals surface area contributed by atoms with Gasteiger partial charge in [-0.25, -0.2) is 4.68 Å². The molecule has 1 unspecified atom stereocenters. The normalized spacial score (nSPS) is 19.1. The molecule has 0 aliphatic carbocycles. The van der Waals surface area contributed by atoms with Crippen LogP contribution < -0.4 is 15.8 Å². The Morgan fingerprint density at radius 1 is 1.65 bits per heavy atom. The van der Waals surface area contributed by atoms with Crippen LogP contribution in [0.1, 0.15) is 12.8 Å². The minimum absolute atomic E-state index is 0.0950. The van der Waals surface area contributed by atoms with E-state index in [-0.39, 0.29) is 18.7 Å². The maximum Gasteiger partial charge on any atom is 0.283 e. The van der Waals surface area contributed by atoms with E-state index in [1.54, 1.807) is 6.20 Å². The molecular formula is C13H21BrN4O2. The molecule has 1 fully saturated rings. The van der Waals surface area contributed by atoms with E-state index in [1.807, 2.05) is 7.05 Å². The Morgan fingerprint density at radius 3 is 3.10 bits per heavy atom. The topological polar surface area (TPSA) is 70.4 Å². The SMILES string of the molecule is CN(CC1CCCNC1)c1cnn(CCO)c(=O)c1Br. The van der Waals surface area contributed by atoms with Crippen molar-refractivity contribution in [3.63, 3.8) is 0 Å². The lowest BCUT2D eigenvalue weighted by molar-refractivity contribution is 0.266. The van der Waals surface area contributed by atoms with E-state index in [1.165, 1.54) is 17.5 Å². The van der Waals surface area contributed by atoms with E-state index >= 15 is 0 Å². The van der Waals surface area contributed by atoms with Gasteiger partial charge in [0.1, 0.15) is 4.47 Å². The largest absolute Gasteiger partial charge is 0.394 e. The molecule has 0 amide bonds. The van der Waals surface area contributed by atoms with Gasteiger partial charge in [0.05, 0.1) is 25.0 Å². The van der Waals surface area contributed by atoms with Gasteiger partial charge in [0.25, 0.3) is 5.56 Å². The number of aromatic nitrogens is 2. The van der Waals surface area contributed by atoms with Gasteiger partial charge in [-0.05, 0) is 47.8 Å². The lowest BCUT2D eigenvalue weighted by Gasteiger charge is -2.29. The number of nitrogens with one attached hydrogen (secondary N) is 1. The van der Waals surface area contributed by atoms with Gasteiger partial charge in [-0.1, -0.05) is 0 Å². The number of halogens is 1. The van der Waals surface area contributed by atoms with Crippen molar-refractivity contribution in [2.24, 2.45) is 5.92 Å². The third kappa shape index (κ3) is 3.59. The summed E-state index contributed by atoms with van der Waals surface area (Å²) in [4.78, 5) is 14.1. The van der Waals surface area contributed by atoms with Crippen molar-refractivity contribution in [1.29, 1.82) is 0 Å². The van der Waals surface area contributed by atoms with Crippen LogP contribution in [0.3, 0.4) is 0 Å². The summed E-state index contributed by atoms with van der Waals surface area (Å²) in [6.07, 6.45) is 4.09. The van der Waals surface area contributed by atoms with Crippen LogP contribution in [-0.2, 0) is 6.54 Å². The molecule has 2 heterocycles. The average molecular weight is 345 g/mol. The molecule has 2 N–H and O–H groups in total. The second-order valence-electron chi connectivity index (χ2n) is 5.19. The van der Waals surface area contributed by atoms with Gasteiger partial charge in [-0.15, -0.1) is 0 Å². The number of nitrogens with zero attached hydrogens (tertiary/aromatic N) is 3. The molecule has 1 aromatic heterocycles. The monoisotopic (exact) mass is 344 g/mol. The first-order chi connectivity index (χ1) is 9.63. The molecule has 112 valence electrons. The number of aliphatic hydroxyl groups excluding tert-OH is 1. The second-order valence-corrected chi connectivity index (χ2v) is 5.98. The van der Waals surface area contributed by atoms with Crippen molar-refractivity contribution in [3.05, 3.63) is 21.0 Å². The van der Waals surface area contributed by atoms with Crippen LogP contribution in [0, 0.1) is 5.92 Å². The fourth-order valence-corrected chi connectivity index (χ4v) is 3.15. The zero-order valence-corrected chi connectivity index (χ0v) is 13.3. The first-order valence-electron chi connectivity index (χ1n) is 6.91. The highest BCUT2D eigenvalue weighted by atomic mass is 79.9.